The topological polar surface area (TPSA) is 67.4 Å². The van der Waals surface area contributed by atoms with E-state index in [2.05, 4.69) is 10.6 Å². The summed E-state index contributed by atoms with van der Waals surface area (Å²) in [7, 11) is 0. The van der Waals surface area contributed by atoms with Gasteiger partial charge in [0.1, 0.15) is 5.75 Å². The van der Waals surface area contributed by atoms with E-state index in [9.17, 15) is 9.59 Å². The number of ether oxygens (including phenoxy) is 1. The zero-order valence-corrected chi connectivity index (χ0v) is 12.5. The summed E-state index contributed by atoms with van der Waals surface area (Å²) in [5, 5.41) is 5.73. The molecule has 0 aliphatic carbocycles. The molecular formula is C18H16N2O3. The summed E-state index contributed by atoms with van der Waals surface area (Å²) in [6, 6.07) is 13.2. The van der Waals surface area contributed by atoms with Gasteiger partial charge < -0.3 is 15.4 Å². The third-order valence-electron chi connectivity index (χ3n) is 4.21. The second kappa shape index (κ2) is 5.43. The SMILES string of the molecule is O=C1CCc2cc(NC(=O)C3Cc4ccccc4O3)ccc2N1. The number of para-hydroxylation sites is 1. The maximum absolute atomic E-state index is 12.4. The average molecular weight is 308 g/mol. The van der Waals surface area contributed by atoms with Crippen LogP contribution in [0, 0.1) is 0 Å². The Morgan fingerprint density at radius 3 is 2.87 bits per heavy atom. The third kappa shape index (κ3) is 2.65. The van der Waals surface area contributed by atoms with E-state index in [4.69, 9.17) is 4.74 Å². The predicted molar refractivity (Wildman–Crippen MR) is 86.6 cm³/mol. The lowest BCUT2D eigenvalue weighted by Gasteiger charge is -2.18. The average Bonchev–Trinajstić information content (AvgIpc) is 2.99. The van der Waals surface area contributed by atoms with Crippen LogP contribution in [0.4, 0.5) is 11.4 Å². The first-order valence-electron chi connectivity index (χ1n) is 7.67. The molecule has 2 N–H and O–H groups in total. The summed E-state index contributed by atoms with van der Waals surface area (Å²) in [5.74, 6) is 0.660. The molecule has 5 heteroatoms. The molecule has 2 amide bonds. The number of anilines is 2. The second-order valence-corrected chi connectivity index (χ2v) is 5.83. The molecule has 116 valence electrons. The van der Waals surface area contributed by atoms with E-state index in [1.54, 1.807) is 6.07 Å². The van der Waals surface area contributed by atoms with Crippen LogP contribution in [-0.4, -0.2) is 17.9 Å². The van der Waals surface area contributed by atoms with Gasteiger partial charge in [-0.2, -0.15) is 0 Å². The molecule has 0 saturated heterocycles. The Kier molecular flexibility index (Phi) is 3.26. The summed E-state index contributed by atoms with van der Waals surface area (Å²) >= 11 is 0. The Morgan fingerprint density at radius 2 is 2.00 bits per heavy atom. The standard InChI is InChI=1S/C18H16N2O3/c21-17-8-5-11-9-13(6-7-14(11)20-17)19-18(22)16-10-12-3-1-2-4-15(12)23-16/h1-4,6-7,9,16H,5,8,10H2,(H,19,22)(H,20,21). The Morgan fingerprint density at radius 1 is 1.13 bits per heavy atom. The number of carbonyl (C=O) groups is 2. The van der Waals surface area contributed by atoms with Gasteiger partial charge in [-0.15, -0.1) is 0 Å². The Labute approximate surface area is 133 Å². The fourth-order valence-corrected chi connectivity index (χ4v) is 3.01. The normalized spacial score (nSPS) is 18.4. The summed E-state index contributed by atoms with van der Waals surface area (Å²) in [6.45, 7) is 0. The zero-order chi connectivity index (χ0) is 15.8. The lowest BCUT2D eigenvalue weighted by Crippen LogP contribution is -2.31. The van der Waals surface area contributed by atoms with E-state index >= 15 is 0 Å². The molecule has 1 unspecified atom stereocenters. The van der Waals surface area contributed by atoms with Crippen molar-refractivity contribution in [1.82, 2.24) is 0 Å². The molecule has 5 nitrogen and oxygen atoms in total. The van der Waals surface area contributed by atoms with E-state index in [1.807, 2.05) is 36.4 Å². The van der Waals surface area contributed by atoms with Crippen LogP contribution in [0.1, 0.15) is 17.5 Å². The van der Waals surface area contributed by atoms with E-state index in [0.29, 0.717) is 19.3 Å². The van der Waals surface area contributed by atoms with E-state index in [1.165, 1.54) is 0 Å². The van der Waals surface area contributed by atoms with Crippen molar-refractivity contribution in [2.45, 2.75) is 25.4 Å². The molecule has 23 heavy (non-hydrogen) atoms. The number of fused-ring (bicyclic) bond motifs is 2. The fourth-order valence-electron chi connectivity index (χ4n) is 3.01. The highest BCUT2D eigenvalue weighted by Gasteiger charge is 2.29. The number of benzene rings is 2. The van der Waals surface area contributed by atoms with E-state index in [0.717, 1.165) is 28.3 Å². The first-order valence-corrected chi connectivity index (χ1v) is 7.67. The maximum atomic E-state index is 12.4. The van der Waals surface area contributed by atoms with Crippen molar-refractivity contribution in [3.05, 3.63) is 53.6 Å². The molecule has 0 spiro atoms. The predicted octanol–water partition coefficient (Wildman–Crippen LogP) is 2.51. The van der Waals surface area contributed by atoms with Crippen molar-refractivity contribution in [3.63, 3.8) is 0 Å². The van der Waals surface area contributed by atoms with Gasteiger partial charge in [0.2, 0.25) is 5.91 Å². The van der Waals surface area contributed by atoms with Crippen LogP contribution in [0.3, 0.4) is 0 Å². The highest BCUT2D eigenvalue weighted by atomic mass is 16.5. The maximum Gasteiger partial charge on any atom is 0.265 e. The van der Waals surface area contributed by atoms with Crippen LogP contribution in [-0.2, 0) is 22.4 Å². The van der Waals surface area contributed by atoms with Crippen molar-refractivity contribution in [3.8, 4) is 5.75 Å². The highest BCUT2D eigenvalue weighted by Crippen LogP contribution is 2.29. The minimum absolute atomic E-state index is 0.0337. The fraction of sp³-hybridized carbons (Fsp3) is 0.222. The molecular weight excluding hydrogens is 292 g/mol. The number of hydrogen-bond donors (Lipinski definition) is 2. The number of amides is 2. The highest BCUT2D eigenvalue weighted by molar-refractivity contribution is 5.97. The molecule has 2 aliphatic heterocycles. The van der Waals surface area contributed by atoms with Gasteiger partial charge in [0.15, 0.2) is 6.10 Å². The van der Waals surface area contributed by atoms with Gasteiger partial charge >= 0.3 is 0 Å². The molecule has 0 bridgehead atoms. The van der Waals surface area contributed by atoms with Gasteiger partial charge in [0.05, 0.1) is 0 Å². The lowest BCUT2D eigenvalue weighted by molar-refractivity contribution is -0.122. The number of aryl methyl sites for hydroxylation is 1. The smallest absolute Gasteiger partial charge is 0.265 e. The van der Waals surface area contributed by atoms with Gasteiger partial charge in [-0.3, -0.25) is 9.59 Å². The molecule has 4 rings (SSSR count). The van der Waals surface area contributed by atoms with Gasteiger partial charge in [-0.05, 0) is 41.8 Å². The van der Waals surface area contributed by atoms with Crippen LogP contribution in [0.15, 0.2) is 42.5 Å². The first kappa shape index (κ1) is 13.8. The van der Waals surface area contributed by atoms with Crippen LogP contribution < -0.4 is 15.4 Å². The van der Waals surface area contributed by atoms with Gasteiger partial charge in [-0.1, -0.05) is 18.2 Å². The quantitative estimate of drug-likeness (QED) is 0.896. The Bertz CT molecular complexity index is 776. The lowest BCUT2D eigenvalue weighted by atomic mass is 10.0. The minimum atomic E-state index is -0.497. The van der Waals surface area contributed by atoms with Gasteiger partial charge in [-0.25, -0.2) is 0 Å². The van der Waals surface area contributed by atoms with Crippen LogP contribution in [0.5, 0.6) is 5.75 Å². The molecule has 2 aromatic rings. The Hall–Kier alpha value is -2.82. The number of rotatable bonds is 2. The van der Waals surface area contributed by atoms with Crippen molar-refractivity contribution in [1.29, 1.82) is 0 Å². The van der Waals surface area contributed by atoms with Crippen LogP contribution in [0.2, 0.25) is 0 Å². The number of hydrogen-bond acceptors (Lipinski definition) is 3. The van der Waals surface area contributed by atoms with Crippen molar-refractivity contribution < 1.29 is 14.3 Å². The number of carbonyl (C=O) groups excluding carboxylic acids is 2. The Balaban J connectivity index is 1.47. The first-order chi connectivity index (χ1) is 11.2. The number of nitrogens with one attached hydrogen (secondary N) is 2. The second-order valence-electron chi connectivity index (χ2n) is 5.83. The van der Waals surface area contributed by atoms with Crippen molar-refractivity contribution in [2.75, 3.05) is 10.6 Å². The molecule has 2 heterocycles. The third-order valence-corrected chi connectivity index (χ3v) is 4.21. The monoisotopic (exact) mass is 308 g/mol. The van der Waals surface area contributed by atoms with Crippen molar-refractivity contribution in [2.24, 2.45) is 0 Å². The van der Waals surface area contributed by atoms with E-state index in [-0.39, 0.29) is 11.8 Å². The molecule has 0 aromatic heterocycles. The van der Waals surface area contributed by atoms with Gasteiger partial charge in [0, 0.05) is 24.2 Å². The molecule has 2 aliphatic rings. The minimum Gasteiger partial charge on any atom is -0.480 e. The van der Waals surface area contributed by atoms with Crippen LogP contribution >= 0.6 is 0 Å². The summed E-state index contributed by atoms with van der Waals surface area (Å²) in [4.78, 5) is 23.8. The summed E-state index contributed by atoms with van der Waals surface area (Å²) in [5.41, 5.74) is 3.65. The molecule has 0 saturated carbocycles. The van der Waals surface area contributed by atoms with E-state index < -0.39 is 6.10 Å². The van der Waals surface area contributed by atoms with Crippen molar-refractivity contribution >= 4 is 23.2 Å². The largest absolute Gasteiger partial charge is 0.480 e. The van der Waals surface area contributed by atoms with Crippen LogP contribution in [0.25, 0.3) is 0 Å². The zero-order valence-electron chi connectivity index (χ0n) is 12.5. The van der Waals surface area contributed by atoms with Gasteiger partial charge in [0.25, 0.3) is 5.91 Å². The molecule has 0 radical (unpaired) electrons. The molecule has 0 fully saturated rings. The summed E-state index contributed by atoms with van der Waals surface area (Å²) < 4.78 is 5.70. The summed E-state index contributed by atoms with van der Waals surface area (Å²) in [6.07, 6.45) is 1.26. The molecule has 1 atom stereocenters. The molecule has 2 aromatic carbocycles.